The van der Waals surface area contributed by atoms with Crippen molar-refractivity contribution in [3.05, 3.63) is 118 Å². The van der Waals surface area contributed by atoms with Gasteiger partial charge in [-0.2, -0.15) is 5.10 Å². The summed E-state index contributed by atoms with van der Waals surface area (Å²) in [5.41, 5.74) is 5.64. The second-order valence-corrected chi connectivity index (χ2v) is 10.7. The van der Waals surface area contributed by atoms with E-state index in [1.165, 1.54) is 6.21 Å². The van der Waals surface area contributed by atoms with Crippen LogP contribution < -0.4 is 20.4 Å². The van der Waals surface area contributed by atoms with Crippen molar-refractivity contribution in [3.8, 4) is 5.75 Å². The fourth-order valence-corrected chi connectivity index (χ4v) is 4.98. The van der Waals surface area contributed by atoms with Crippen LogP contribution >= 0.6 is 15.9 Å². The molecule has 214 valence electrons. The van der Waals surface area contributed by atoms with Gasteiger partial charge in [-0.05, 0) is 77.9 Å². The van der Waals surface area contributed by atoms with Gasteiger partial charge in [-0.15, -0.1) is 0 Å². The number of hydrogen-bond acceptors (Lipinski definition) is 7. The SMILES string of the molecule is COc1ccc(C=NNC(=O)c2cc(Br)ccc2NC(=O)c2ccc(CN3CCN(c4ccccn4)CC3)cc2)cc1. The number of methoxy groups -OCH3 is 1. The standard InChI is InChI=1S/C32H31BrN6O3/c1-42-27-12-7-23(8-13-27)21-35-37-32(41)28-20-26(33)11-14-29(28)36-31(40)25-9-5-24(6-10-25)22-38-16-18-39(19-17-38)30-4-2-3-15-34-30/h2-15,20-21H,16-19,22H2,1H3,(H,36,40)(H,37,41). The highest BCUT2D eigenvalue weighted by molar-refractivity contribution is 9.10. The Hall–Kier alpha value is -4.54. The maximum Gasteiger partial charge on any atom is 0.273 e. The Bertz CT molecular complexity index is 1540. The molecule has 0 spiro atoms. The van der Waals surface area contributed by atoms with Crippen LogP contribution in [-0.4, -0.2) is 61.2 Å². The van der Waals surface area contributed by atoms with Gasteiger partial charge in [0.1, 0.15) is 11.6 Å². The van der Waals surface area contributed by atoms with E-state index in [1.807, 2.05) is 72.9 Å². The number of hydrazone groups is 1. The third-order valence-corrected chi connectivity index (χ3v) is 7.43. The van der Waals surface area contributed by atoms with Gasteiger partial charge in [-0.3, -0.25) is 14.5 Å². The second kappa shape index (κ2) is 13.9. The molecule has 42 heavy (non-hydrogen) atoms. The Morgan fingerprint density at radius 2 is 1.71 bits per heavy atom. The van der Waals surface area contributed by atoms with Gasteiger partial charge in [0.2, 0.25) is 0 Å². The molecule has 3 aromatic carbocycles. The Balaban J connectivity index is 1.16. The molecule has 9 nitrogen and oxygen atoms in total. The van der Waals surface area contributed by atoms with Gasteiger partial charge in [-0.25, -0.2) is 10.4 Å². The van der Waals surface area contributed by atoms with E-state index in [4.69, 9.17) is 4.74 Å². The molecule has 1 aliphatic rings. The van der Waals surface area contributed by atoms with Crippen LogP contribution in [0, 0.1) is 0 Å². The maximum absolute atomic E-state index is 13.1. The quantitative estimate of drug-likeness (QED) is 0.196. The minimum absolute atomic E-state index is 0.283. The summed E-state index contributed by atoms with van der Waals surface area (Å²) in [4.78, 5) is 35.2. The van der Waals surface area contributed by atoms with Crippen LogP contribution in [0.3, 0.4) is 0 Å². The number of halogens is 1. The van der Waals surface area contributed by atoms with Crippen molar-refractivity contribution in [2.75, 3.05) is 43.5 Å². The number of nitrogens with zero attached hydrogens (tertiary/aromatic N) is 4. The molecule has 0 unspecified atom stereocenters. The molecule has 1 saturated heterocycles. The third kappa shape index (κ3) is 7.59. The molecule has 0 radical (unpaired) electrons. The minimum Gasteiger partial charge on any atom is -0.497 e. The Morgan fingerprint density at radius 3 is 2.40 bits per heavy atom. The predicted octanol–water partition coefficient (Wildman–Crippen LogP) is 5.19. The number of amides is 2. The van der Waals surface area contributed by atoms with E-state index < -0.39 is 5.91 Å². The lowest BCUT2D eigenvalue weighted by molar-refractivity contribution is 0.0956. The van der Waals surface area contributed by atoms with Gasteiger partial charge in [-0.1, -0.05) is 34.1 Å². The van der Waals surface area contributed by atoms with Gasteiger partial charge in [0.05, 0.1) is 24.6 Å². The summed E-state index contributed by atoms with van der Waals surface area (Å²) in [6.45, 7) is 4.54. The number of aromatic nitrogens is 1. The van der Waals surface area contributed by atoms with E-state index >= 15 is 0 Å². The topological polar surface area (TPSA) is 99.2 Å². The first kappa shape index (κ1) is 29.0. The molecule has 4 aromatic rings. The van der Waals surface area contributed by atoms with Crippen LogP contribution in [0.2, 0.25) is 0 Å². The lowest BCUT2D eigenvalue weighted by Gasteiger charge is -2.35. The fraction of sp³-hybridized carbons (Fsp3) is 0.188. The van der Waals surface area contributed by atoms with Gasteiger partial charge in [0.25, 0.3) is 11.8 Å². The highest BCUT2D eigenvalue weighted by Gasteiger charge is 2.19. The summed E-state index contributed by atoms with van der Waals surface area (Å²) in [6.07, 6.45) is 3.36. The van der Waals surface area contributed by atoms with Crippen LogP contribution in [0.4, 0.5) is 11.5 Å². The van der Waals surface area contributed by atoms with Crippen molar-refractivity contribution in [2.45, 2.75) is 6.54 Å². The van der Waals surface area contributed by atoms with Gasteiger partial charge in [0.15, 0.2) is 0 Å². The smallest absolute Gasteiger partial charge is 0.273 e. The van der Waals surface area contributed by atoms with E-state index in [0.29, 0.717) is 15.7 Å². The van der Waals surface area contributed by atoms with Crippen LogP contribution in [0.25, 0.3) is 0 Å². The summed E-state index contributed by atoms with van der Waals surface area (Å²) in [5.74, 6) is 0.995. The van der Waals surface area contributed by atoms with Crippen molar-refractivity contribution in [2.24, 2.45) is 5.10 Å². The number of benzene rings is 3. The van der Waals surface area contributed by atoms with Crippen molar-refractivity contribution in [1.82, 2.24) is 15.3 Å². The molecule has 1 aromatic heterocycles. The van der Waals surface area contributed by atoms with Crippen molar-refractivity contribution in [3.63, 3.8) is 0 Å². The zero-order valence-electron chi connectivity index (χ0n) is 23.2. The highest BCUT2D eigenvalue weighted by Crippen LogP contribution is 2.22. The minimum atomic E-state index is -0.449. The van der Waals surface area contributed by atoms with Gasteiger partial charge in [0, 0.05) is 49.0 Å². The van der Waals surface area contributed by atoms with Crippen LogP contribution in [0.5, 0.6) is 5.75 Å². The molecule has 2 amide bonds. The molecule has 1 aliphatic heterocycles. The monoisotopic (exact) mass is 626 g/mol. The average Bonchev–Trinajstić information content (AvgIpc) is 3.03. The first-order valence-electron chi connectivity index (χ1n) is 13.5. The molecule has 2 N–H and O–H groups in total. The van der Waals surface area contributed by atoms with E-state index in [0.717, 1.165) is 55.4 Å². The molecule has 5 rings (SSSR count). The number of carbonyl (C=O) groups excluding carboxylic acids is 2. The number of nitrogens with one attached hydrogen (secondary N) is 2. The number of carbonyl (C=O) groups is 2. The Morgan fingerprint density at radius 1 is 0.952 bits per heavy atom. The first-order chi connectivity index (χ1) is 20.5. The number of ether oxygens (including phenoxy) is 1. The number of pyridine rings is 1. The molecular formula is C32H31BrN6O3. The summed E-state index contributed by atoms with van der Waals surface area (Å²) < 4.78 is 5.86. The predicted molar refractivity (Wildman–Crippen MR) is 168 cm³/mol. The first-order valence-corrected chi connectivity index (χ1v) is 14.3. The van der Waals surface area contributed by atoms with E-state index in [2.05, 4.69) is 46.6 Å². The third-order valence-electron chi connectivity index (χ3n) is 6.94. The van der Waals surface area contributed by atoms with Crippen LogP contribution in [-0.2, 0) is 6.54 Å². The molecule has 10 heteroatoms. The number of anilines is 2. The lowest BCUT2D eigenvalue weighted by atomic mass is 10.1. The van der Waals surface area contributed by atoms with Crippen molar-refractivity contribution < 1.29 is 14.3 Å². The number of piperazine rings is 1. The molecule has 0 aliphatic carbocycles. The van der Waals surface area contributed by atoms with Gasteiger partial charge < -0.3 is 15.0 Å². The van der Waals surface area contributed by atoms with Crippen molar-refractivity contribution in [1.29, 1.82) is 0 Å². The molecule has 0 saturated carbocycles. The molecule has 1 fully saturated rings. The molecule has 0 bridgehead atoms. The number of rotatable bonds is 9. The van der Waals surface area contributed by atoms with Crippen LogP contribution in [0.1, 0.15) is 31.8 Å². The second-order valence-electron chi connectivity index (χ2n) is 9.76. The molecular weight excluding hydrogens is 596 g/mol. The maximum atomic E-state index is 13.1. The fourth-order valence-electron chi connectivity index (χ4n) is 4.62. The van der Waals surface area contributed by atoms with Gasteiger partial charge >= 0.3 is 0 Å². The Labute approximate surface area is 253 Å². The normalized spacial score (nSPS) is 13.6. The summed E-state index contributed by atoms with van der Waals surface area (Å²) in [5, 5.41) is 6.92. The molecule has 2 heterocycles. The zero-order chi connectivity index (χ0) is 29.3. The van der Waals surface area contributed by atoms with E-state index in [9.17, 15) is 9.59 Å². The highest BCUT2D eigenvalue weighted by atomic mass is 79.9. The molecule has 0 atom stereocenters. The average molecular weight is 628 g/mol. The summed E-state index contributed by atoms with van der Waals surface area (Å²) >= 11 is 3.41. The summed E-state index contributed by atoms with van der Waals surface area (Å²) in [6, 6.07) is 25.9. The van der Waals surface area contributed by atoms with E-state index in [1.54, 1.807) is 25.3 Å². The Kier molecular flexibility index (Phi) is 9.58. The lowest BCUT2D eigenvalue weighted by Crippen LogP contribution is -2.46. The zero-order valence-corrected chi connectivity index (χ0v) is 24.8. The van der Waals surface area contributed by atoms with Crippen molar-refractivity contribution >= 4 is 45.5 Å². The largest absolute Gasteiger partial charge is 0.497 e. The van der Waals surface area contributed by atoms with E-state index in [-0.39, 0.29) is 11.5 Å². The summed E-state index contributed by atoms with van der Waals surface area (Å²) in [7, 11) is 1.60. The van der Waals surface area contributed by atoms with Crippen LogP contribution in [0.15, 0.2) is 101 Å². The number of hydrogen-bond donors (Lipinski definition) is 2.